The van der Waals surface area contributed by atoms with Gasteiger partial charge in [-0.3, -0.25) is 4.99 Å². The quantitative estimate of drug-likeness (QED) is 0.604. The van der Waals surface area contributed by atoms with Crippen molar-refractivity contribution in [1.29, 1.82) is 0 Å². The van der Waals surface area contributed by atoms with Gasteiger partial charge in [0.2, 0.25) is 0 Å². The number of allylic oxidation sites excluding steroid dienone is 1. The highest BCUT2D eigenvalue weighted by Crippen LogP contribution is 2.19. The Labute approximate surface area is 125 Å². The Balaban J connectivity index is 1.78. The number of para-hydroxylation sites is 1. The standard InChI is InChI=1S/C19H18N2/c1-15-9-11-17(12-10-15)20-13-5-7-18-14-16-6-3-4-8-19(16)21(18)2/h3-14H,1-2H3/b7-5+,20-13?. The summed E-state index contributed by atoms with van der Waals surface area (Å²) in [5, 5.41) is 1.26. The molecule has 0 unspecified atom stereocenters. The molecule has 0 aliphatic rings. The molecule has 104 valence electrons. The zero-order chi connectivity index (χ0) is 14.7. The SMILES string of the molecule is Cc1ccc(N=C/C=C/c2cc3ccccc3n2C)cc1. The van der Waals surface area contributed by atoms with Crippen LogP contribution in [0.2, 0.25) is 0 Å². The summed E-state index contributed by atoms with van der Waals surface area (Å²) in [4.78, 5) is 4.42. The van der Waals surface area contributed by atoms with Gasteiger partial charge in [-0.15, -0.1) is 0 Å². The highest BCUT2D eigenvalue weighted by Gasteiger charge is 2.00. The first kappa shape index (κ1) is 13.4. The molecule has 0 saturated carbocycles. The van der Waals surface area contributed by atoms with Crippen molar-refractivity contribution in [3.63, 3.8) is 0 Å². The van der Waals surface area contributed by atoms with Crippen molar-refractivity contribution in [2.24, 2.45) is 12.0 Å². The van der Waals surface area contributed by atoms with Crippen LogP contribution in [0.1, 0.15) is 11.3 Å². The lowest BCUT2D eigenvalue weighted by molar-refractivity contribution is 0.955. The molecule has 2 nitrogen and oxygen atoms in total. The monoisotopic (exact) mass is 274 g/mol. The summed E-state index contributed by atoms with van der Waals surface area (Å²) in [7, 11) is 2.08. The number of hydrogen-bond acceptors (Lipinski definition) is 1. The largest absolute Gasteiger partial charge is 0.344 e. The first-order valence-corrected chi connectivity index (χ1v) is 7.06. The van der Waals surface area contributed by atoms with Crippen molar-refractivity contribution in [3.8, 4) is 0 Å². The van der Waals surface area contributed by atoms with E-state index in [4.69, 9.17) is 0 Å². The second kappa shape index (κ2) is 5.80. The number of rotatable bonds is 3. The Hall–Kier alpha value is -2.61. The van der Waals surface area contributed by atoms with Gasteiger partial charge < -0.3 is 4.57 Å². The summed E-state index contributed by atoms with van der Waals surface area (Å²) in [6.07, 6.45) is 5.90. The first-order chi connectivity index (χ1) is 10.2. The second-order valence-electron chi connectivity index (χ2n) is 5.16. The van der Waals surface area contributed by atoms with Crippen molar-refractivity contribution in [2.75, 3.05) is 0 Å². The molecular weight excluding hydrogens is 256 g/mol. The van der Waals surface area contributed by atoms with Gasteiger partial charge in [0.05, 0.1) is 5.69 Å². The third-order valence-corrected chi connectivity index (χ3v) is 3.60. The van der Waals surface area contributed by atoms with E-state index in [0.717, 1.165) is 5.69 Å². The molecule has 0 atom stereocenters. The number of nitrogens with zero attached hydrogens (tertiary/aromatic N) is 2. The molecule has 3 rings (SSSR count). The van der Waals surface area contributed by atoms with Crippen LogP contribution >= 0.6 is 0 Å². The predicted molar refractivity (Wildman–Crippen MR) is 91.3 cm³/mol. The average molecular weight is 274 g/mol. The van der Waals surface area contributed by atoms with Crippen LogP contribution in [0, 0.1) is 6.92 Å². The molecule has 0 aliphatic carbocycles. The van der Waals surface area contributed by atoms with Crippen LogP contribution in [-0.4, -0.2) is 10.8 Å². The van der Waals surface area contributed by atoms with Gasteiger partial charge in [-0.1, -0.05) is 35.9 Å². The molecule has 0 saturated heterocycles. The highest BCUT2D eigenvalue weighted by atomic mass is 14.9. The predicted octanol–water partition coefficient (Wildman–Crippen LogP) is 4.90. The summed E-state index contributed by atoms with van der Waals surface area (Å²) in [6, 6.07) is 18.8. The van der Waals surface area contributed by atoms with Crippen molar-refractivity contribution < 1.29 is 0 Å². The fraction of sp³-hybridized carbons (Fsp3) is 0.105. The fourth-order valence-electron chi connectivity index (χ4n) is 2.37. The number of aromatic nitrogens is 1. The van der Waals surface area contributed by atoms with E-state index in [9.17, 15) is 0 Å². The molecule has 0 amide bonds. The molecule has 0 bridgehead atoms. The van der Waals surface area contributed by atoms with E-state index in [-0.39, 0.29) is 0 Å². The minimum Gasteiger partial charge on any atom is -0.344 e. The molecule has 3 aromatic rings. The maximum Gasteiger partial charge on any atom is 0.0629 e. The lowest BCUT2D eigenvalue weighted by Gasteiger charge is -1.98. The normalized spacial score (nSPS) is 11.9. The van der Waals surface area contributed by atoms with Gasteiger partial charge in [-0.2, -0.15) is 0 Å². The van der Waals surface area contributed by atoms with E-state index >= 15 is 0 Å². The molecule has 21 heavy (non-hydrogen) atoms. The molecule has 0 N–H and O–H groups in total. The Kier molecular flexibility index (Phi) is 3.69. The maximum atomic E-state index is 4.42. The first-order valence-electron chi connectivity index (χ1n) is 7.06. The van der Waals surface area contributed by atoms with E-state index in [2.05, 4.69) is 72.1 Å². The van der Waals surface area contributed by atoms with Gasteiger partial charge in [0.15, 0.2) is 0 Å². The lowest BCUT2D eigenvalue weighted by atomic mass is 10.2. The smallest absolute Gasteiger partial charge is 0.0629 e. The summed E-state index contributed by atoms with van der Waals surface area (Å²) >= 11 is 0. The molecular formula is C19H18N2. The van der Waals surface area contributed by atoms with Gasteiger partial charge in [0.1, 0.15) is 0 Å². The fourth-order valence-corrected chi connectivity index (χ4v) is 2.37. The summed E-state index contributed by atoms with van der Waals surface area (Å²) in [5.41, 5.74) is 4.64. The van der Waals surface area contributed by atoms with E-state index in [1.54, 1.807) is 0 Å². The molecule has 0 radical (unpaired) electrons. The summed E-state index contributed by atoms with van der Waals surface area (Å²) in [6.45, 7) is 2.08. The Morgan fingerprint density at radius 3 is 2.52 bits per heavy atom. The molecule has 0 spiro atoms. The third kappa shape index (κ3) is 2.95. The van der Waals surface area contributed by atoms with Crippen molar-refractivity contribution in [2.45, 2.75) is 6.92 Å². The Bertz CT molecular complexity index is 805. The van der Waals surface area contributed by atoms with Crippen LogP contribution in [0.4, 0.5) is 5.69 Å². The number of fused-ring (bicyclic) bond motifs is 1. The minimum absolute atomic E-state index is 0.974. The number of hydrogen-bond donors (Lipinski definition) is 0. The second-order valence-corrected chi connectivity index (χ2v) is 5.16. The van der Waals surface area contributed by atoms with Gasteiger partial charge in [-0.05, 0) is 43.3 Å². The van der Waals surface area contributed by atoms with Crippen molar-refractivity contribution >= 4 is 28.9 Å². The van der Waals surface area contributed by atoms with Crippen molar-refractivity contribution in [1.82, 2.24) is 4.57 Å². The number of aliphatic imine (C=N–C) groups is 1. The number of aryl methyl sites for hydroxylation is 2. The minimum atomic E-state index is 0.974. The van der Waals surface area contributed by atoms with E-state index in [1.807, 2.05) is 24.4 Å². The summed E-state index contributed by atoms with van der Waals surface area (Å²) < 4.78 is 2.19. The van der Waals surface area contributed by atoms with Crippen LogP contribution in [0.3, 0.4) is 0 Å². The van der Waals surface area contributed by atoms with E-state index in [1.165, 1.54) is 22.2 Å². The molecule has 1 aromatic heterocycles. The Morgan fingerprint density at radius 1 is 1.00 bits per heavy atom. The van der Waals surface area contributed by atoms with Crippen LogP contribution in [0.15, 0.2) is 65.7 Å². The number of benzene rings is 2. The highest BCUT2D eigenvalue weighted by molar-refractivity contribution is 5.86. The molecule has 0 fully saturated rings. The molecule has 2 aromatic carbocycles. The molecule has 0 aliphatic heterocycles. The molecule has 1 heterocycles. The van der Waals surface area contributed by atoms with Crippen LogP contribution in [0.5, 0.6) is 0 Å². The summed E-state index contributed by atoms with van der Waals surface area (Å²) in [5.74, 6) is 0. The van der Waals surface area contributed by atoms with Gasteiger partial charge in [0, 0.05) is 29.9 Å². The van der Waals surface area contributed by atoms with Crippen molar-refractivity contribution in [3.05, 3.63) is 71.9 Å². The molecule has 2 heteroatoms. The zero-order valence-corrected chi connectivity index (χ0v) is 12.3. The lowest BCUT2D eigenvalue weighted by Crippen LogP contribution is -1.89. The average Bonchev–Trinajstić information content (AvgIpc) is 2.82. The maximum absolute atomic E-state index is 4.42. The van der Waals surface area contributed by atoms with Crippen LogP contribution in [0.25, 0.3) is 17.0 Å². The third-order valence-electron chi connectivity index (χ3n) is 3.60. The van der Waals surface area contributed by atoms with E-state index < -0.39 is 0 Å². The van der Waals surface area contributed by atoms with Crippen LogP contribution in [-0.2, 0) is 7.05 Å². The zero-order valence-electron chi connectivity index (χ0n) is 12.3. The van der Waals surface area contributed by atoms with Gasteiger partial charge in [-0.25, -0.2) is 0 Å². The Morgan fingerprint density at radius 2 is 1.76 bits per heavy atom. The van der Waals surface area contributed by atoms with Crippen LogP contribution < -0.4 is 0 Å². The van der Waals surface area contributed by atoms with Gasteiger partial charge >= 0.3 is 0 Å². The van der Waals surface area contributed by atoms with E-state index in [0.29, 0.717) is 0 Å². The topological polar surface area (TPSA) is 17.3 Å². The van der Waals surface area contributed by atoms with Gasteiger partial charge in [0.25, 0.3) is 0 Å².